The van der Waals surface area contributed by atoms with Crippen molar-refractivity contribution in [3.05, 3.63) is 64.7 Å². The van der Waals surface area contributed by atoms with Crippen LogP contribution in [-0.4, -0.2) is 8.42 Å². The van der Waals surface area contributed by atoms with E-state index in [2.05, 4.69) is 0 Å². The van der Waals surface area contributed by atoms with E-state index in [-0.39, 0.29) is 16.4 Å². The summed E-state index contributed by atoms with van der Waals surface area (Å²) in [5.41, 5.74) is -0.0862. The molecule has 128 valence electrons. The van der Waals surface area contributed by atoms with Crippen LogP contribution in [0.3, 0.4) is 0 Å². The molecule has 1 saturated carbocycles. The summed E-state index contributed by atoms with van der Waals surface area (Å²) in [6.07, 6.45) is 3.17. The summed E-state index contributed by atoms with van der Waals surface area (Å²) < 4.78 is 54.3. The van der Waals surface area contributed by atoms with E-state index in [0.717, 1.165) is 31.0 Å². The average Bonchev–Trinajstić information content (AvgIpc) is 3.05. The van der Waals surface area contributed by atoms with Crippen LogP contribution in [0.2, 0.25) is 5.02 Å². The molecule has 24 heavy (non-hydrogen) atoms. The number of halogens is 3. The fourth-order valence-corrected chi connectivity index (χ4v) is 5.67. The molecular weight excluding hydrogens is 354 g/mol. The van der Waals surface area contributed by atoms with Gasteiger partial charge in [0.1, 0.15) is 11.6 Å². The second-order valence-electron chi connectivity index (χ2n) is 6.13. The Hall–Kier alpha value is -1.46. The number of sulfone groups is 1. The van der Waals surface area contributed by atoms with E-state index in [4.69, 9.17) is 11.6 Å². The van der Waals surface area contributed by atoms with E-state index in [0.29, 0.717) is 17.9 Å². The van der Waals surface area contributed by atoms with E-state index in [9.17, 15) is 17.2 Å². The minimum Gasteiger partial charge on any atom is -0.223 e. The molecule has 6 heteroatoms. The third-order valence-corrected chi connectivity index (χ3v) is 7.06. The van der Waals surface area contributed by atoms with Crippen molar-refractivity contribution < 1.29 is 17.2 Å². The van der Waals surface area contributed by atoms with Gasteiger partial charge < -0.3 is 0 Å². The molecule has 0 amide bonds. The van der Waals surface area contributed by atoms with Crippen LogP contribution in [-0.2, 0) is 9.84 Å². The topological polar surface area (TPSA) is 34.1 Å². The first-order valence-electron chi connectivity index (χ1n) is 7.84. The van der Waals surface area contributed by atoms with Crippen molar-refractivity contribution in [3.63, 3.8) is 0 Å². The fraction of sp³-hybridized carbons (Fsp3) is 0.333. The molecule has 1 fully saturated rings. The van der Waals surface area contributed by atoms with Gasteiger partial charge in [-0.15, -0.1) is 0 Å². The molecule has 0 bridgehead atoms. The van der Waals surface area contributed by atoms with E-state index >= 15 is 0 Å². The summed E-state index contributed by atoms with van der Waals surface area (Å²) in [4.78, 5) is 0.0764. The maximum atomic E-state index is 14.3. The van der Waals surface area contributed by atoms with Crippen LogP contribution >= 0.6 is 11.6 Å². The molecular formula is C18H17ClF2O2S. The first-order valence-corrected chi connectivity index (χ1v) is 9.76. The summed E-state index contributed by atoms with van der Waals surface area (Å²) >= 11 is 5.83. The van der Waals surface area contributed by atoms with Crippen molar-refractivity contribution in [1.82, 2.24) is 0 Å². The lowest BCUT2D eigenvalue weighted by Crippen LogP contribution is -2.22. The van der Waals surface area contributed by atoms with E-state index < -0.39 is 26.7 Å². The van der Waals surface area contributed by atoms with Gasteiger partial charge in [-0.05, 0) is 61.2 Å². The summed E-state index contributed by atoms with van der Waals surface area (Å²) in [5, 5.41) is -0.667. The Labute approximate surface area is 145 Å². The lowest BCUT2D eigenvalue weighted by atomic mass is 9.97. The maximum absolute atomic E-state index is 14.3. The Kier molecular flexibility index (Phi) is 4.92. The third kappa shape index (κ3) is 3.33. The molecule has 0 saturated heterocycles. The van der Waals surface area contributed by atoms with Gasteiger partial charge in [-0.3, -0.25) is 0 Å². The van der Waals surface area contributed by atoms with Gasteiger partial charge in [-0.2, -0.15) is 0 Å². The number of hydrogen-bond acceptors (Lipinski definition) is 2. The zero-order valence-corrected chi connectivity index (χ0v) is 14.5. The van der Waals surface area contributed by atoms with E-state index in [1.54, 1.807) is 0 Å². The molecule has 1 aliphatic rings. The summed E-state index contributed by atoms with van der Waals surface area (Å²) in [5.74, 6) is -1.55. The van der Waals surface area contributed by atoms with Crippen molar-refractivity contribution in [2.24, 2.45) is 5.92 Å². The van der Waals surface area contributed by atoms with Crippen LogP contribution in [0.5, 0.6) is 0 Å². The van der Waals surface area contributed by atoms with Gasteiger partial charge in [0.05, 0.1) is 10.1 Å². The first kappa shape index (κ1) is 17.4. The second kappa shape index (κ2) is 6.81. The highest BCUT2D eigenvalue weighted by atomic mass is 35.5. The van der Waals surface area contributed by atoms with Crippen LogP contribution in [0.1, 0.15) is 36.5 Å². The molecule has 2 nitrogen and oxygen atoms in total. The molecule has 0 heterocycles. The normalized spacial score (nSPS) is 17.1. The van der Waals surface area contributed by atoms with Crippen molar-refractivity contribution in [1.29, 1.82) is 0 Å². The molecule has 2 aromatic rings. The van der Waals surface area contributed by atoms with Gasteiger partial charge in [-0.25, -0.2) is 17.2 Å². The highest BCUT2D eigenvalue weighted by molar-refractivity contribution is 7.91. The highest BCUT2D eigenvalue weighted by Gasteiger charge is 2.39. The van der Waals surface area contributed by atoms with E-state index in [1.807, 2.05) is 0 Å². The maximum Gasteiger partial charge on any atom is 0.185 e. The van der Waals surface area contributed by atoms with Crippen LogP contribution in [0.25, 0.3) is 0 Å². The zero-order valence-electron chi connectivity index (χ0n) is 12.9. The largest absolute Gasteiger partial charge is 0.223 e. The lowest BCUT2D eigenvalue weighted by Gasteiger charge is -2.24. The van der Waals surface area contributed by atoms with Gasteiger partial charge in [0.25, 0.3) is 0 Å². The molecule has 1 unspecified atom stereocenters. The van der Waals surface area contributed by atoms with Crippen LogP contribution in [0.4, 0.5) is 8.78 Å². The zero-order chi connectivity index (χ0) is 17.3. The van der Waals surface area contributed by atoms with Crippen LogP contribution in [0.15, 0.2) is 47.4 Å². The summed E-state index contributed by atoms with van der Waals surface area (Å²) in [6, 6.07) is 8.80. The predicted molar refractivity (Wildman–Crippen MR) is 89.7 cm³/mol. The van der Waals surface area contributed by atoms with Crippen molar-refractivity contribution >= 4 is 21.4 Å². The molecule has 0 N–H and O–H groups in total. The predicted octanol–water partition coefficient (Wildman–Crippen LogP) is 5.32. The first-order chi connectivity index (χ1) is 11.4. The average molecular weight is 371 g/mol. The van der Waals surface area contributed by atoms with Gasteiger partial charge in [0.2, 0.25) is 0 Å². The highest BCUT2D eigenvalue weighted by Crippen LogP contribution is 2.44. The molecule has 1 aliphatic carbocycles. The fourth-order valence-electron chi connectivity index (χ4n) is 3.44. The molecule has 3 rings (SSSR count). The molecule has 0 spiro atoms. The van der Waals surface area contributed by atoms with Gasteiger partial charge in [-0.1, -0.05) is 24.4 Å². The minimum atomic E-state index is -3.86. The molecule has 2 aromatic carbocycles. The van der Waals surface area contributed by atoms with Crippen LogP contribution < -0.4 is 0 Å². The van der Waals surface area contributed by atoms with Gasteiger partial charge >= 0.3 is 0 Å². The minimum absolute atomic E-state index is 0.0764. The quantitative estimate of drug-likeness (QED) is 0.729. The summed E-state index contributed by atoms with van der Waals surface area (Å²) in [6.45, 7) is 0. The number of rotatable bonds is 4. The Morgan fingerprint density at radius 3 is 2.25 bits per heavy atom. The second-order valence-corrected chi connectivity index (χ2v) is 8.64. The van der Waals surface area contributed by atoms with Crippen molar-refractivity contribution in [2.45, 2.75) is 35.8 Å². The smallest absolute Gasteiger partial charge is 0.185 e. The van der Waals surface area contributed by atoms with Crippen LogP contribution in [0, 0.1) is 17.6 Å². The summed E-state index contributed by atoms with van der Waals surface area (Å²) in [7, 11) is -3.86. The number of hydrogen-bond donors (Lipinski definition) is 0. The molecule has 0 aliphatic heterocycles. The molecule has 0 radical (unpaired) electrons. The standard InChI is InChI=1S/C18H17ClF2O2S/c19-13-5-8-15(9-6-13)24(22,23)18(12-3-1-2-4-12)16-11-14(20)7-10-17(16)21/h5-12,18H,1-4H2. The molecule has 1 atom stereocenters. The molecule has 0 aromatic heterocycles. The van der Waals surface area contributed by atoms with Crippen molar-refractivity contribution in [3.8, 4) is 0 Å². The SMILES string of the molecule is O=S(=O)(c1ccc(Cl)cc1)C(c1cc(F)ccc1F)C1CCCC1. The monoisotopic (exact) mass is 370 g/mol. The third-order valence-electron chi connectivity index (χ3n) is 4.57. The van der Waals surface area contributed by atoms with Crippen molar-refractivity contribution in [2.75, 3.05) is 0 Å². The van der Waals surface area contributed by atoms with Gasteiger partial charge in [0.15, 0.2) is 9.84 Å². The van der Waals surface area contributed by atoms with E-state index in [1.165, 1.54) is 24.3 Å². The Morgan fingerprint density at radius 1 is 1.00 bits per heavy atom. The van der Waals surface area contributed by atoms with Gasteiger partial charge in [0, 0.05) is 10.6 Å². The number of benzene rings is 2. The lowest BCUT2D eigenvalue weighted by molar-refractivity contribution is 0.474. The Balaban J connectivity index is 2.14. The Morgan fingerprint density at radius 2 is 1.62 bits per heavy atom. The Bertz CT molecular complexity index is 829.